The lowest BCUT2D eigenvalue weighted by Gasteiger charge is -2.48. The van der Waals surface area contributed by atoms with Gasteiger partial charge in [0.05, 0.1) is 5.69 Å². The largest absolute Gasteiger partial charge is 0.444 e. The van der Waals surface area contributed by atoms with Crippen LogP contribution in [0, 0.1) is 19.8 Å². The highest BCUT2D eigenvalue weighted by Gasteiger charge is 2.36. The van der Waals surface area contributed by atoms with Gasteiger partial charge in [-0.25, -0.2) is 9.98 Å². The van der Waals surface area contributed by atoms with Crippen molar-refractivity contribution in [1.82, 2.24) is 20.1 Å². The van der Waals surface area contributed by atoms with Crippen LogP contribution in [0.15, 0.2) is 39.7 Å². The van der Waals surface area contributed by atoms with Gasteiger partial charge in [-0.15, -0.1) is 24.0 Å². The van der Waals surface area contributed by atoms with Crippen molar-refractivity contribution in [3.63, 3.8) is 0 Å². The van der Waals surface area contributed by atoms with Crippen LogP contribution in [-0.4, -0.2) is 53.0 Å². The van der Waals surface area contributed by atoms with E-state index in [0.717, 1.165) is 43.6 Å². The van der Waals surface area contributed by atoms with E-state index in [1.807, 2.05) is 13.8 Å². The molecule has 2 aliphatic heterocycles. The van der Waals surface area contributed by atoms with Crippen molar-refractivity contribution in [3.8, 4) is 0 Å². The van der Waals surface area contributed by atoms with E-state index in [9.17, 15) is 0 Å². The molecule has 1 aromatic carbocycles. The number of aromatic nitrogens is 1. The van der Waals surface area contributed by atoms with Crippen LogP contribution in [0.4, 0.5) is 0 Å². The third kappa shape index (κ3) is 6.00. The molecule has 2 unspecified atom stereocenters. The SMILES string of the molecule is CCNC(=NCc1nc(C)c(C)o1)N1CCC2C(CCCN2Cc2ccccc2)C1.I. The highest BCUT2D eigenvalue weighted by molar-refractivity contribution is 14.0. The Bertz CT molecular complexity index is 833. The lowest BCUT2D eigenvalue weighted by atomic mass is 9.83. The molecule has 2 fully saturated rings. The number of nitrogens with one attached hydrogen (secondary N) is 1. The van der Waals surface area contributed by atoms with E-state index in [1.54, 1.807) is 0 Å². The van der Waals surface area contributed by atoms with Crippen LogP contribution in [0.1, 0.15) is 49.1 Å². The maximum atomic E-state index is 5.72. The quantitative estimate of drug-likeness (QED) is 0.349. The zero-order chi connectivity index (χ0) is 20.9. The van der Waals surface area contributed by atoms with E-state index in [2.05, 4.69) is 57.4 Å². The number of benzene rings is 1. The third-order valence-corrected chi connectivity index (χ3v) is 6.48. The summed E-state index contributed by atoms with van der Waals surface area (Å²) in [6.45, 7) is 11.8. The van der Waals surface area contributed by atoms with Gasteiger partial charge in [0.15, 0.2) is 5.96 Å². The summed E-state index contributed by atoms with van der Waals surface area (Å²) in [6.07, 6.45) is 3.79. The number of nitrogens with zero attached hydrogens (tertiary/aromatic N) is 4. The van der Waals surface area contributed by atoms with Crippen LogP contribution in [0.2, 0.25) is 0 Å². The van der Waals surface area contributed by atoms with E-state index < -0.39 is 0 Å². The fourth-order valence-corrected chi connectivity index (χ4v) is 4.89. The molecule has 2 aliphatic rings. The number of likely N-dealkylation sites (tertiary alicyclic amines) is 2. The van der Waals surface area contributed by atoms with Crippen molar-refractivity contribution >= 4 is 29.9 Å². The topological polar surface area (TPSA) is 56.9 Å². The van der Waals surface area contributed by atoms with Gasteiger partial charge in [0.2, 0.25) is 5.89 Å². The molecule has 1 aromatic heterocycles. The Morgan fingerprint density at radius 3 is 2.71 bits per heavy atom. The minimum Gasteiger partial charge on any atom is -0.444 e. The smallest absolute Gasteiger partial charge is 0.216 e. The normalized spacial score (nSPS) is 22.0. The van der Waals surface area contributed by atoms with Crippen LogP contribution in [0.25, 0.3) is 0 Å². The van der Waals surface area contributed by atoms with E-state index in [0.29, 0.717) is 24.4 Å². The lowest BCUT2D eigenvalue weighted by molar-refractivity contribution is 0.0372. The maximum Gasteiger partial charge on any atom is 0.216 e. The van der Waals surface area contributed by atoms with Gasteiger partial charge in [0, 0.05) is 32.2 Å². The Morgan fingerprint density at radius 1 is 1.19 bits per heavy atom. The molecule has 4 rings (SSSR count). The number of hydrogen-bond acceptors (Lipinski definition) is 4. The first kappa shape index (κ1) is 24.0. The van der Waals surface area contributed by atoms with Gasteiger partial charge in [0.1, 0.15) is 12.3 Å². The third-order valence-electron chi connectivity index (χ3n) is 6.48. The molecule has 1 N–H and O–H groups in total. The molecule has 2 aromatic rings. The first-order chi connectivity index (χ1) is 14.6. The van der Waals surface area contributed by atoms with E-state index in [4.69, 9.17) is 9.41 Å². The summed E-state index contributed by atoms with van der Waals surface area (Å²) in [7, 11) is 0. The maximum absolute atomic E-state index is 5.72. The minimum absolute atomic E-state index is 0. The first-order valence-electron chi connectivity index (χ1n) is 11.4. The van der Waals surface area contributed by atoms with Crippen molar-refractivity contribution in [2.75, 3.05) is 26.2 Å². The fourth-order valence-electron chi connectivity index (χ4n) is 4.89. The Hall–Kier alpha value is -1.61. The van der Waals surface area contributed by atoms with Crippen LogP contribution < -0.4 is 5.32 Å². The van der Waals surface area contributed by atoms with Crippen LogP contribution in [-0.2, 0) is 13.1 Å². The van der Waals surface area contributed by atoms with Crippen molar-refractivity contribution in [3.05, 3.63) is 53.2 Å². The van der Waals surface area contributed by atoms with Gasteiger partial charge in [-0.2, -0.15) is 0 Å². The predicted molar refractivity (Wildman–Crippen MR) is 136 cm³/mol. The second kappa shape index (κ2) is 11.3. The summed E-state index contributed by atoms with van der Waals surface area (Å²) in [5, 5.41) is 3.48. The molecule has 0 saturated carbocycles. The highest BCUT2D eigenvalue weighted by Crippen LogP contribution is 2.31. The molecule has 0 bridgehead atoms. The lowest BCUT2D eigenvalue weighted by Crippen LogP contribution is -2.56. The number of aliphatic imine (C=N–C) groups is 1. The van der Waals surface area contributed by atoms with Gasteiger partial charge in [-0.1, -0.05) is 30.3 Å². The molecule has 2 atom stereocenters. The molecule has 170 valence electrons. The number of hydrogen-bond donors (Lipinski definition) is 1. The van der Waals surface area contributed by atoms with Crippen LogP contribution >= 0.6 is 24.0 Å². The zero-order valence-corrected chi connectivity index (χ0v) is 21.3. The van der Waals surface area contributed by atoms with Gasteiger partial charge in [-0.3, -0.25) is 4.90 Å². The Balaban J connectivity index is 0.00000272. The van der Waals surface area contributed by atoms with Gasteiger partial charge in [-0.05, 0) is 58.1 Å². The summed E-state index contributed by atoms with van der Waals surface area (Å²) in [6, 6.07) is 11.6. The number of rotatable bonds is 5. The number of piperidine rings is 2. The summed E-state index contributed by atoms with van der Waals surface area (Å²) in [4.78, 5) is 14.5. The molecule has 0 spiro atoms. The molecule has 0 amide bonds. The summed E-state index contributed by atoms with van der Waals surface area (Å²) < 4.78 is 5.72. The van der Waals surface area contributed by atoms with Crippen LogP contribution in [0.3, 0.4) is 0 Å². The van der Waals surface area contributed by atoms with Crippen molar-refractivity contribution in [2.45, 2.75) is 59.2 Å². The Morgan fingerprint density at radius 2 is 2.00 bits per heavy atom. The molecule has 31 heavy (non-hydrogen) atoms. The van der Waals surface area contributed by atoms with Crippen LogP contribution in [0.5, 0.6) is 0 Å². The van der Waals surface area contributed by atoms with E-state index in [-0.39, 0.29) is 24.0 Å². The molecule has 2 saturated heterocycles. The van der Waals surface area contributed by atoms with E-state index in [1.165, 1.54) is 31.4 Å². The highest BCUT2D eigenvalue weighted by atomic mass is 127. The fraction of sp³-hybridized carbons (Fsp3) is 0.583. The molecular formula is C24H36IN5O. The van der Waals surface area contributed by atoms with Gasteiger partial charge in [0.25, 0.3) is 0 Å². The monoisotopic (exact) mass is 537 g/mol. The zero-order valence-electron chi connectivity index (χ0n) is 19.0. The molecule has 0 radical (unpaired) electrons. The summed E-state index contributed by atoms with van der Waals surface area (Å²) in [5.41, 5.74) is 2.37. The number of fused-ring (bicyclic) bond motifs is 1. The second-order valence-corrected chi connectivity index (χ2v) is 8.58. The molecule has 6 nitrogen and oxygen atoms in total. The second-order valence-electron chi connectivity index (χ2n) is 8.58. The summed E-state index contributed by atoms with van der Waals surface area (Å²) in [5.74, 6) is 3.27. The standard InChI is InChI=1S/C24H35N5O.HI/c1-4-25-24(26-15-23-27-18(2)19(3)30-23)29-14-12-22-21(17-29)11-8-13-28(22)16-20-9-6-5-7-10-20;/h5-7,9-10,21-22H,4,8,11-17H2,1-3H3,(H,25,26);1H. The average Bonchev–Trinajstić information content (AvgIpc) is 3.09. The Labute approximate surface area is 203 Å². The number of oxazole rings is 1. The van der Waals surface area contributed by atoms with Crippen molar-refractivity contribution in [2.24, 2.45) is 10.9 Å². The van der Waals surface area contributed by atoms with E-state index >= 15 is 0 Å². The molecular weight excluding hydrogens is 501 g/mol. The predicted octanol–water partition coefficient (Wildman–Crippen LogP) is 4.36. The van der Waals surface area contributed by atoms with Crippen molar-refractivity contribution < 1.29 is 4.42 Å². The molecule has 0 aliphatic carbocycles. The number of guanidine groups is 1. The minimum atomic E-state index is 0. The van der Waals surface area contributed by atoms with Gasteiger partial charge < -0.3 is 14.6 Å². The Kier molecular flexibility index (Phi) is 8.77. The van der Waals surface area contributed by atoms with Gasteiger partial charge >= 0.3 is 0 Å². The molecule has 3 heterocycles. The molecule has 7 heteroatoms. The average molecular weight is 537 g/mol. The summed E-state index contributed by atoms with van der Waals surface area (Å²) >= 11 is 0. The van der Waals surface area contributed by atoms with Crippen molar-refractivity contribution in [1.29, 1.82) is 0 Å². The number of aryl methyl sites for hydroxylation is 2. The number of halogens is 1. The first-order valence-corrected chi connectivity index (χ1v) is 11.4.